The number of hydrogen-bond donors (Lipinski definition) is 1. The van der Waals surface area contributed by atoms with Gasteiger partial charge in [0.25, 0.3) is 5.56 Å². The smallest absolute Gasteiger partial charge is 0.268 e. The number of nitrogens with two attached hydrogens (primary N) is 1. The van der Waals surface area contributed by atoms with E-state index in [4.69, 9.17) is 10.5 Å². The summed E-state index contributed by atoms with van der Waals surface area (Å²) in [5.41, 5.74) is 5.93. The van der Waals surface area contributed by atoms with Crippen LogP contribution in [0.1, 0.15) is 20.8 Å². The van der Waals surface area contributed by atoms with Gasteiger partial charge in [-0.15, -0.1) is 0 Å². The largest absolute Gasteiger partial charge is 0.374 e. The molecule has 0 aromatic carbocycles. The maximum Gasteiger partial charge on any atom is 0.268 e. The highest BCUT2D eigenvalue weighted by molar-refractivity contribution is 5.41. The Hall–Kier alpha value is -1.40. The molecule has 6 nitrogen and oxygen atoms in total. The zero-order valence-corrected chi connectivity index (χ0v) is 12.2. The van der Waals surface area contributed by atoms with E-state index in [1.54, 1.807) is 12.3 Å². The third-order valence-electron chi connectivity index (χ3n) is 2.60. The van der Waals surface area contributed by atoms with Gasteiger partial charge in [0.2, 0.25) is 0 Å². The lowest BCUT2D eigenvalue weighted by molar-refractivity contribution is -0.00835. The van der Waals surface area contributed by atoms with Gasteiger partial charge in [0.15, 0.2) is 0 Å². The molecule has 108 valence electrons. The van der Waals surface area contributed by atoms with Crippen LogP contribution in [0.5, 0.6) is 0 Å². The van der Waals surface area contributed by atoms with Crippen molar-refractivity contribution in [2.24, 2.45) is 5.73 Å². The van der Waals surface area contributed by atoms with Gasteiger partial charge in [-0.05, 0) is 20.8 Å². The molecule has 0 radical (unpaired) electrons. The molecule has 2 N–H and O–H groups in total. The topological polar surface area (TPSA) is 73.4 Å². The van der Waals surface area contributed by atoms with Crippen molar-refractivity contribution in [3.63, 3.8) is 0 Å². The van der Waals surface area contributed by atoms with Crippen LogP contribution in [0.25, 0.3) is 0 Å². The Balaban J connectivity index is 2.65. The molecular formula is C13H24N4O2. The summed E-state index contributed by atoms with van der Waals surface area (Å²) in [6.07, 6.45) is 1.67. The summed E-state index contributed by atoms with van der Waals surface area (Å²) in [7, 11) is 1.89. The Morgan fingerprint density at radius 3 is 2.68 bits per heavy atom. The Morgan fingerprint density at radius 2 is 2.16 bits per heavy atom. The van der Waals surface area contributed by atoms with E-state index >= 15 is 0 Å². The van der Waals surface area contributed by atoms with Crippen molar-refractivity contribution in [3.8, 4) is 0 Å². The molecule has 0 atom stereocenters. The zero-order chi connectivity index (χ0) is 14.5. The standard InChI is InChI=1S/C13H24N4O2/c1-13(2,3)19-8-7-17-12(18)9-11(10-15-17)16(4)6-5-14/h9-10H,5-8,14H2,1-4H3. The average molecular weight is 268 g/mol. The quantitative estimate of drug-likeness (QED) is 0.811. The Morgan fingerprint density at radius 1 is 1.47 bits per heavy atom. The molecule has 19 heavy (non-hydrogen) atoms. The van der Waals surface area contributed by atoms with Gasteiger partial charge in [-0.2, -0.15) is 5.10 Å². The SMILES string of the molecule is CN(CCN)c1cnn(CCOC(C)(C)C)c(=O)c1. The second-order valence-corrected chi connectivity index (χ2v) is 5.45. The van der Waals surface area contributed by atoms with E-state index in [1.165, 1.54) is 4.68 Å². The van der Waals surface area contributed by atoms with Gasteiger partial charge in [0, 0.05) is 26.2 Å². The van der Waals surface area contributed by atoms with Crippen molar-refractivity contribution in [3.05, 3.63) is 22.6 Å². The predicted octanol–water partition coefficient (Wildman–Crippen LogP) is 0.453. The monoisotopic (exact) mass is 268 g/mol. The van der Waals surface area contributed by atoms with Crippen LogP contribution in [0.15, 0.2) is 17.1 Å². The highest BCUT2D eigenvalue weighted by Crippen LogP contribution is 2.07. The van der Waals surface area contributed by atoms with Crippen molar-refractivity contribution in [1.82, 2.24) is 9.78 Å². The van der Waals surface area contributed by atoms with Crippen molar-refractivity contribution in [1.29, 1.82) is 0 Å². The molecule has 0 saturated heterocycles. The number of likely N-dealkylation sites (N-methyl/N-ethyl adjacent to an activating group) is 1. The summed E-state index contributed by atoms with van der Waals surface area (Å²) >= 11 is 0. The molecule has 0 saturated carbocycles. The van der Waals surface area contributed by atoms with Crippen LogP contribution < -0.4 is 16.2 Å². The van der Waals surface area contributed by atoms with Gasteiger partial charge in [-0.3, -0.25) is 4.79 Å². The van der Waals surface area contributed by atoms with Gasteiger partial charge in [0.1, 0.15) is 0 Å². The number of ether oxygens (including phenoxy) is 1. The predicted molar refractivity (Wildman–Crippen MR) is 76.5 cm³/mol. The lowest BCUT2D eigenvalue weighted by Gasteiger charge is -2.20. The second kappa shape index (κ2) is 6.68. The number of nitrogens with zero attached hydrogens (tertiary/aromatic N) is 3. The molecule has 6 heteroatoms. The number of anilines is 1. The average Bonchev–Trinajstić information content (AvgIpc) is 2.30. The summed E-state index contributed by atoms with van der Waals surface area (Å²) in [6.45, 7) is 8.10. The summed E-state index contributed by atoms with van der Waals surface area (Å²) in [5, 5.41) is 4.14. The fourth-order valence-electron chi connectivity index (χ4n) is 1.56. The molecule has 0 unspecified atom stereocenters. The van der Waals surface area contributed by atoms with E-state index in [0.717, 1.165) is 5.69 Å². The van der Waals surface area contributed by atoms with E-state index in [0.29, 0.717) is 26.2 Å². The highest BCUT2D eigenvalue weighted by Gasteiger charge is 2.10. The third kappa shape index (κ3) is 5.40. The Bertz CT molecular complexity index is 451. The van der Waals surface area contributed by atoms with E-state index < -0.39 is 0 Å². The Labute approximate surface area is 114 Å². The fraction of sp³-hybridized carbons (Fsp3) is 0.692. The third-order valence-corrected chi connectivity index (χ3v) is 2.60. The molecule has 0 aliphatic rings. The first-order chi connectivity index (χ1) is 8.83. The van der Waals surface area contributed by atoms with Gasteiger partial charge >= 0.3 is 0 Å². The molecular weight excluding hydrogens is 244 g/mol. The van der Waals surface area contributed by atoms with Crippen LogP contribution in [0.3, 0.4) is 0 Å². The maximum absolute atomic E-state index is 11.9. The van der Waals surface area contributed by atoms with Crippen LogP contribution in [0, 0.1) is 0 Å². The van der Waals surface area contributed by atoms with Crippen molar-refractivity contribution < 1.29 is 4.74 Å². The minimum Gasteiger partial charge on any atom is -0.374 e. The maximum atomic E-state index is 11.9. The Kier molecular flexibility index (Phi) is 5.50. The van der Waals surface area contributed by atoms with E-state index in [-0.39, 0.29) is 11.2 Å². The van der Waals surface area contributed by atoms with Crippen molar-refractivity contribution >= 4 is 5.69 Å². The zero-order valence-electron chi connectivity index (χ0n) is 12.2. The van der Waals surface area contributed by atoms with E-state index in [9.17, 15) is 4.79 Å². The summed E-state index contributed by atoms with van der Waals surface area (Å²) < 4.78 is 6.99. The lowest BCUT2D eigenvalue weighted by Crippen LogP contribution is -2.30. The van der Waals surface area contributed by atoms with Gasteiger partial charge in [0.05, 0.1) is 30.6 Å². The van der Waals surface area contributed by atoms with E-state index in [2.05, 4.69) is 5.10 Å². The van der Waals surface area contributed by atoms with Crippen molar-refractivity contribution in [2.75, 3.05) is 31.6 Å². The van der Waals surface area contributed by atoms with Gasteiger partial charge in [-0.25, -0.2) is 4.68 Å². The minimum absolute atomic E-state index is 0.126. The molecule has 0 spiro atoms. The molecule has 1 rings (SSSR count). The minimum atomic E-state index is -0.203. The molecule has 0 aliphatic heterocycles. The van der Waals surface area contributed by atoms with Crippen LogP contribution >= 0.6 is 0 Å². The number of rotatable bonds is 6. The molecule has 1 aromatic heterocycles. The normalized spacial score (nSPS) is 11.6. The van der Waals surface area contributed by atoms with Crippen LogP contribution in [-0.4, -0.2) is 42.1 Å². The number of aromatic nitrogens is 2. The highest BCUT2D eigenvalue weighted by atomic mass is 16.5. The first-order valence-corrected chi connectivity index (χ1v) is 6.46. The van der Waals surface area contributed by atoms with E-state index in [1.807, 2.05) is 32.7 Å². The van der Waals surface area contributed by atoms with Crippen LogP contribution in [0.4, 0.5) is 5.69 Å². The molecule has 0 aliphatic carbocycles. The van der Waals surface area contributed by atoms with Gasteiger partial charge < -0.3 is 15.4 Å². The molecule has 0 bridgehead atoms. The summed E-state index contributed by atoms with van der Waals surface area (Å²) in [5.74, 6) is 0. The first-order valence-electron chi connectivity index (χ1n) is 6.46. The molecule has 0 amide bonds. The summed E-state index contributed by atoms with van der Waals surface area (Å²) in [6, 6.07) is 1.57. The van der Waals surface area contributed by atoms with Crippen molar-refractivity contribution in [2.45, 2.75) is 32.9 Å². The molecule has 1 heterocycles. The first kappa shape index (κ1) is 15.7. The number of hydrogen-bond acceptors (Lipinski definition) is 5. The van der Waals surface area contributed by atoms with Gasteiger partial charge in [-0.1, -0.05) is 0 Å². The second-order valence-electron chi connectivity index (χ2n) is 5.45. The van der Waals surface area contributed by atoms with Crippen LogP contribution in [-0.2, 0) is 11.3 Å². The fourth-order valence-corrected chi connectivity index (χ4v) is 1.56. The van der Waals surface area contributed by atoms with Crippen LogP contribution in [0.2, 0.25) is 0 Å². The molecule has 1 aromatic rings. The lowest BCUT2D eigenvalue weighted by atomic mass is 10.2. The molecule has 0 fully saturated rings. The summed E-state index contributed by atoms with van der Waals surface area (Å²) in [4.78, 5) is 13.8.